The minimum absolute atomic E-state index is 0.0866. The molecule has 2 aliphatic rings. The van der Waals surface area contributed by atoms with Crippen LogP contribution in [-0.2, 0) is 9.59 Å². The highest BCUT2D eigenvalue weighted by Gasteiger charge is 2.42. The van der Waals surface area contributed by atoms with Crippen LogP contribution in [0.15, 0.2) is 18.2 Å². The van der Waals surface area contributed by atoms with Gasteiger partial charge in [0.25, 0.3) is 0 Å². The molecule has 136 valence electrons. The topological polar surface area (TPSA) is 49.9 Å². The molecule has 5 heteroatoms. The van der Waals surface area contributed by atoms with E-state index in [2.05, 4.69) is 0 Å². The van der Waals surface area contributed by atoms with Crippen molar-refractivity contribution in [3.63, 3.8) is 0 Å². The first kappa shape index (κ1) is 17.8. The molecule has 0 unspecified atom stereocenters. The lowest BCUT2D eigenvalue weighted by Crippen LogP contribution is -2.36. The molecule has 0 bridgehead atoms. The molecular formula is C20H28N2O3. The first-order chi connectivity index (χ1) is 12.0. The third kappa shape index (κ3) is 4.14. The Balaban J connectivity index is 1.42. The van der Waals surface area contributed by atoms with Crippen molar-refractivity contribution in [2.24, 2.45) is 5.92 Å². The van der Waals surface area contributed by atoms with Crippen LogP contribution in [0.4, 0.5) is 0 Å². The van der Waals surface area contributed by atoms with Gasteiger partial charge in [-0.2, -0.15) is 0 Å². The summed E-state index contributed by atoms with van der Waals surface area (Å²) in [6.07, 6.45) is 3.35. The lowest BCUT2D eigenvalue weighted by Gasteiger charge is -2.21. The first-order valence-corrected chi connectivity index (χ1v) is 9.21. The molecule has 2 amide bonds. The van der Waals surface area contributed by atoms with Crippen molar-refractivity contribution < 1.29 is 14.3 Å². The number of para-hydroxylation sites is 1. The van der Waals surface area contributed by atoms with Crippen molar-refractivity contribution in [2.45, 2.75) is 45.6 Å². The molecule has 0 radical (unpaired) electrons. The largest absolute Gasteiger partial charge is 0.493 e. The van der Waals surface area contributed by atoms with E-state index >= 15 is 0 Å². The number of carbonyl (C=O) groups excluding carboxylic acids is 2. The van der Waals surface area contributed by atoms with Gasteiger partial charge in [0.15, 0.2) is 0 Å². The second kappa shape index (κ2) is 7.46. The summed E-state index contributed by atoms with van der Waals surface area (Å²) < 4.78 is 5.90. The number of amides is 2. The van der Waals surface area contributed by atoms with Crippen molar-refractivity contribution in [3.05, 3.63) is 29.3 Å². The monoisotopic (exact) mass is 344 g/mol. The Kier molecular flexibility index (Phi) is 5.30. The molecule has 0 N–H and O–H groups in total. The number of hydrogen-bond acceptors (Lipinski definition) is 3. The van der Waals surface area contributed by atoms with E-state index in [1.54, 1.807) is 4.90 Å². The van der Waals surface area contributed by atoms with Gasteiger partial charge < -0.3 is 14.5 Å². The summed E-state index contributed by atoms with van der Waals surface area (Å²) >= 11 is 0. The highest BCUT2D eigenvalue weighted by Crippen LogP contribution is 2.33. The Morgan fingerprint density at radius 3 is 2.60 bits per heavy atom. The van der Waals surface area contributed by atoms with Crippen LogP contribution in [-0.4, -0.2) is 54.4 Å². The Hall–Kier alpha value is -2.04. The number of likely N-dealkylation sites (tertiary alicyclic amines) is 1. The Morgan fingerprint density at radius 2 is 1.96 bits per heavy atom. The Bertz CT molecular complexity index is 634. The van der Waals surface area contributed by atoms with Crippen LogP contribution in [0, 0.1) is 19.8 Å². The summed E-state index contributed by atoms with van der Waals surface area (Å²) in [5.74, 6) is 1.01. The molecule has 1 saturated carbocycles. The number of rotatable bonds is 7. The van der Waals surface area contributed by atoms with Gasteiger partial charge in [0.2, 0.25) is 11.8 Å². The van der Waals surface area contributed by atoms with E-state index in [1.807, 2.05) is 44.0 Å². The van der Waals surface area contributed by atoms with Crippen molar-refractivity contribution in [1.82, 2.24) is 9.80 Å². The normalized spacial score (nSPS) is 20.0. The van der Waals surface area contributed by atoms with Crippen LogP contribution in [0.25, 0.3) is 0 Å². The smallest absolute Gasteiger partial charge is 0.227 e. The lowest BCUT2D eigenvalue weighted by atomic mass is 10.1. The molecule has 3 rings (SSSR count). The number of benzene rings is 1. The van der Waals surface area contributed by atoms with Crippen LogP contribution in [0.2, 0.25) is 0 Å². The molecular weight excluding hydrogens is 316 g/mol. The van der Waals surface area contributed by atoms with E-state index in [9.17, 15) is 9.59 Å². The third-order valence-corrected chi connectivity index (χ3v) is 5.16. The highest BCUT2D eigenvalue weighted by molar-refractivity contribution is 5.89. The Labute approximate surface area is 149 Å². The average Bonchev–Trinajstić information content (AvgIpc) is 3.35. The van der Waals surface area contributed by atoms with Gasteiger partial charge >= 0.3 is 0 Å². The zero-order valence-corrected chi connectivity index (χ0v) is 15.5. The molecule has 1 aliphatic carbocycles. The second-order valence-corrected chi connectivity index (χ2v) is 7.36. The zero-order valence-electron chi connectivity index (χ0n) is 15.5. The van der Waals surface area contributed by atoms with E-state index in [-0.39, 0.29) is 17.7 Å². The number of carbonyl (C=O) groups is 2. The lowest BCUT2D eigenvalue weighted by molar-refractivity contribution is -0.134. The molecule has 0 spiro atoms. The molecule has 5 nitrogen and oxygen atoms in total. The molecule has 1 atom stereocenters. The predicted molar refractivity (Wildman–Crippen MR) is 96.5 cm³/mol. The molecule has 1 aliphatic heterocycles. The van der Waals surface area contributed by atoms with Gasteiger partial charge in [0, 0.05) is 32.6 Å². The molecule has 1 aromatic rings. The molecule has 1 aromatic carbocycles. The van der Waals surface area contributed by atoms with Crippen molar-refractivity contribution >= 4 is 11.8 Å². The summed E-state index contributed by atoms with van der Waals surface area (Å²) in [6, 6.07) is 6.51. The number of aryl methyl sites for hydroxylation is 2. The second-order valence-electron chi connectivity index (χ2n) is 7.36. The van der Waals surface area contributed by atoms with Crippen molar-refractivity contribution in [3.8, 4) is 5.75 Å². The SMILES string of the molecule is Cc1cccc(C)c1OCCCN(C)C(=O)[C@H]1CC(=O)N(C2CC2)C1. The average molecular weight is 344 g/mol. The molecule has 0 aromatic heterocycles. The fourth-order valence-corrected chi connectivity index (χ4v) is 3.56. The van der Waals surface area contributed by atoms with Crippen LogP contribution in [0.3, 0.4) is 0 Å². The minimum Gasteiger partial charge on any atom is -0.493 e. The van der Waals surface area contributed by atoms with E-state index in [1.165, 1.54) is 0 Å². The van der Waals surface area contributed by atoms with E-state index in [0.717, 1.165) is 36.1 Å². The van der Waals surface area contributed by atoms with Gasteiger partial charge in [-0.3, -0.25) is 9.59 Å². The third-order valence-electron chi connectivity index (χ3n) is 5.16. The number of nitrogens with zero attached hydrogens (tertiary/aromatic N) is 2. The van der Waals surface area contributed by atoms with Crippen LogP contribution in [0.5, 0.6) is 5.75 Å². The van der Waals surface area contributed by atoms with Gasteiger partial charge in [-0.05, 0) is 44.2 Å². The fourth-order valence-electron chi connectivity index (χ4n) is 3.56. The highest BCUT2D eigenvalue weighted by atomic mass is 16.5. The van der Waals surface area contributed by atoms with Gasteiger partial charge in [0.1, 0.15) is 5.75 Å². The molecule has 25 heavy (non-hydrogen) atoms. The van der Waals surface area contributed by atoms with Gasteiger partial charge in [-0.25, -0.2) is 0 Å². The fraction of sp³-hybridized carbons (Fsp3) is 0.600. The number of ether oxygens (including phenoxy) is 1. The first-order valence-electron chi connectivity index (χ1n) is 9.21. The predicted octanol–water partition coefficient (Wildman–Crippen LogP) is 2.54. The van der Waals surface area contributed by atoms with E-state index < -0.39 is 0 Å². The standard InChI is InChI=1S/C20H28N2O3/c1-14-6-4-7-15(2)19(14)25-11-5-10-21(3)20(24)16-12-18(23)22(13-16)17-8-9-17/h4,6-7,16-17H,5,8-13H2,1-3H3/t16-/m0/s1. The van der Waals surface area contributed by atoms with Gasteiger partial charge in [0.05, 0.1) is 12.5 Å². The van der Waals surface area contributed by atoms with Crippen LogP contribution in [0.1, 0.15) is 36.8 Å². The van der Waals surface area contributed by atoms with Crippen molar-refractivity contribution in [2.75, 3.05) is 26.7 Å². The van der Waals surface area contributed by atoms with Gasteiger partial charge in [-0.1, -0.05) is 18.2 Å². The summed E-state index contributed by atoms with van der Waals surface area (Å²) in [7, 11) is 1.83. The summed E-state index contributed by atoms with van der Waals surface area (Å²) in [6.45, 7) is 5.92. The van der Waals surface area contributed by atoms with Crippen LogP contribution >= 0.6 is 0 Å². The molecule has 2 fully saturated rings. The quantitative estimate of drug-likeness (QED) is 0.714. The zero-order chi connectivity index (χ0) is 18.0. The summed E-state index contributed by atoms with van der Waals surface area (Å²) in [5, 5.41) is 0. The molecule has 1 saturated heterocycles. The van der Waals surface area contributed by atoms with Crippen molar-refractivity contribution in [1.29, 1.82) is 0 Å². The maximum Gasteiger partial charge on any atom is 0.227 e. The van der Waals surface area contributed by atoms with Crippen LogP contribution < -0.4 is 4.74 Å². The summed E-state index contributed by atoms with van der Waals surface area (Å²) in [4.78, 5) is 28.2. The van der Waals surface area contributed by atoms with E-state index in [4.69, 9.17) is 4.74 Å². The van der Waals surface area contributed by atoms with E-state index in [0.29, 0.717) is 32.2 Å². The summed E-state index contributed by atoms with van der Waals surface area (Å²) in [5.41, 5.74) is 2.27. The minimum atomic E-state index is -0.169. The Morgan fingerprint density at radius 1 is 1.28 bits per heavy atom. The maximum atomic E-state index is 12.6. The van der Waals surface area contributed by atoms with Gasteiger partial charge in [-0.15, -0.1) is 0 Å². The molecule has 1 heterocycles. The number of hydrogen-bond donors (Lipinski definition) is 0. The maximum absolute atomic E-state index is 12.6.